The van der Waals surface area contributed by atoms with Crippen LogP contribution in [0.15, 0.2) is 48.7 Å². The van der Waals surface area contributed by atoms with Crippen molar-refractivity contribution in [2.45, 2.75) is 18.9 Å². The molecule has 0 unspecified atom stereocenters. The number of hydrogen-bond donors (Lipinski definition) is 2. The van der Waals surface area contributed by atoms with Crippen LogP contribution in [-0.4, -0.2) is 22.8 Å². The van der Waals surface area contributed by atoms with E-state index in [0.717, 1.165) is 11.1 Å². The van der Waals surface area contributed by atoms with Crippen molar-refractivity contribution in [3.05, 3.63) is 64.9 Å². The van der Waals surface area contributed by atoms with Crippen LogP contribution in [0.1, 0.15) is 11.1 Å². The Bertz CT molecular complexity index is 644. The normalized spacial score (nSPS) is 11.7. The summed E-state index contributed by atoms with van der Waals surface area (Å²) < 4.78 is 0. The van der Waals surface area contributed by atoms with Gasteiger partial charge in [-0.25, -0.2) is 4.98 Å². The lowest BCUT2D eigenvalue weighted by atomic mass is 10.1. The van der Waals surface area contributed by atoms with Crippen LogP contribution in [0.5, 0.6) is 0 Å². The predicted octanol–water partition coefficient (Wildman–Crippen LogP) is 1.49. The molecule has 0 saturated heterocycles. The average molecular weight is 318 g/mol. The maximum absolute atomic E-state index is 12.0. The maximum atomic E-state index is 12.0. The first-order valence-electron chi connectivity index (χ1n) is 6.77. The van der Waals surface area contributed by atoms with Crippen LogP contribution in [0, 0.1) is 0 Å². The zero-order valence-electron chi connectivity index (χ0n) is 11.8. The molecule has 2 aromatic rings. The molecule has 5 nitrogen and oxygen atoms in total. The number of nitrogens with two attached hydrogens (primary N) is 1. The monoisotopic (exact) mass is 317 g/mol. The van der Waals surface area contributed by atoms with Gasteiger partial charge in [-0.2, -0.15) is 0 Å². The highest BCUT2D eigenvalue weighted by molar-refractivity contribution is 6.29. The predicted molar refractivity (Wildman–Crippen MR) is 84.2 cm³/mol. The number of nitrogens with zero attached hydrogens (tertiary/aromatic N) is 1. The van der Waals surface area contributed by atoms with Gasteiger partial charge in [0, 0.05) is 12.6 Å². The van der Waals surface area contributed by atoms with Crippen LogP contribution in [0.4, 0.5) is 0 Å². The van der Waals surface area contributed by atoms with E-state index in [-0.39, 0.29) is 18.7 Å². The number of aromatic nitrogens is 1. The molecule has 1 aromatic heterocycles. The molecule has 0 bridgehead atoms. The third-order valence-corrected chi connectivity index (χ3v) is 3.34. The average Bonchev–Trinajstić information content (AvgIpc) is 2.49. The van der Waals surface area contributed by atoms with Gasteiger partial charge in [0.1, 0.15) is 11.2 Å². The van der Waals surface area contributed by atoms with E-state index in [1.807, 2.05) is 30.3 Å². The Morgan fingerprint density at radius 3 is 2.45 bits per heavy atom. The fourth-order valence-corrected chi connectivity index (χ4v) is 2.12. The third-order valence-electron chi connectivity index (χ3n) is 3.11. The smallest absolute Gasteiger partial charge is 0.240 e. The molecule has 6 heteroatoms. The Morgan fingerprint density at radius 2 is 1.86 bits per heavy atom. The first-order valence-corrected chi connectivity index (χ1v) is 7.15. The van der Waals surface area contributed by atoms with Crippen molar-refractivity contribution >= 4 is 23.4 Å². The van der Waals surface area contributed by atoms with Gasteiger partial charge in [0.25, 0.3) is 0 Å². The van der Waals surface area contributed by atoms with Crippen molar-refractivity contribution < 1.29 is 9.59 Å². The van der Waals surface area contributed by atoms with Crippen molar-refractivity contribution in [3.8, 4) is 0 Å². The van der Waals surface area contributed by atoms with E-state index >= 15 is 0 Å². The highest BCUT2D eigenvalue weighted by Crippen LogP contribution is 2.08. The minimum absolute atomic E-state index is 0.198. The summed E-state index contributed by atoms with van der Waals surface area (Å²) in [6.45, 7) is 0. The van der Waals surface area contributed by atoms with Crippen LogP contribution in [0.2, 0.25) is 5.15 Å². The Morgan fingerprint density at radius 1 is 1.14 bits per heavy atom. The number of hydrogen-bond acceptors (Lipinski definition) is 3. The van der Waals surface area contributed by atoms with Crippen LogP contribution in [0.25, 0.3) is 0 Å². The first kappa shape index (κ1) is 16.0. The number of halogens is 1. The largest absolute Gasteiger partial charge is 0.368 e. The molecule has 114 valence electrons. The Hall–Kier alpha value is -2.40. The zero-order chi connectivity index (χ0) is 15.9. The van der Waals surface area contributed by atoms with Crippen molar-refractivity contribution in [1.82, 2.24) is 10.3 Å². The summed E-state index contributed by atoms with van der Waals surface area (Å²) in [7, 11) is 0. The van der Waals surface area contributed by atoms with E-state index in [4.69, 9.17) is 17.3 Å². The van der Waals surface area contributed by atoms with Gasteiger partial charge >= 0.3 is 0 Å². The van der Waals surface area contributed by atoms with Gasteiger partial charge in [0.15, 0.2) is 0 Å². The van der Waals surface area contributed by atoms with Crippen LogP contribution < -0.4 is 11.1 Å². The van der Waals surface area contributed by atoms with Gasteiger partial charge in [-0.1, -0.05) is 48.0 Å². The van der Waals surface area contributed by atoms with Gasteiger partial charge in [-0.05, 0) is 17.2 Å². The summed E-state index contributed by atoms with van der Waals surface area (Å²) in [4.78, 5) is 27.5. The molecule has 0 aliphatic heterocycles. The van der Waals surface area contributed by atoms with Crippen molar-refractivity contribution in [1.29, 1.82) is 0 Å². The molecule has 3 N–H and O–H groups in total. The Kier molecular flexibility index (Phi) is 5.49. The molecular weight excluding hydrogens is 302 g/mol. The summed E-state index contributed by atoms with van der Waals surface area (Å²) in [6, 6.07) is 11.9. The van der Waals surface area contributed by atoms with Gasteiger partial charge in [0.05, 0.1) is 6.42 Å². The number of amides is 2. The number of carbonyl (C=O) groups is 2. The number of rotatable bonds is 6. The summed E-state index contributed by atoms with van der Waals surface area (Å²) in [6.07, 6.45) is 2.03. The van der Waals surface area contributed by atoms with Crippen molar-refractivity contribution in [3.63, 3.8) is 0 Å². The molecule has 0 aliphatic rings. The molecule has 0 spiro atoms. The molecule has 1 heterocycles. The quantitative estimate of drug-likeness (QED) is 0.792. The molecular formula is C16H16ClN3O2. The van der Waals surface area contributed by atoms with E-state index in [0.29, 0.717) is 5.15 Å². The summed E-state index contributed by atoms with van der Waals surface area (Å²) in [5.41, 5.74) is 7.00. The third kappa shape index (κ3) is 4.86. The van der Waals surface area contributed by atoms with E-state index in [1.54, 1.807) is 18.3 Å². The number of pyridine rings is 1. The van der Waals surface area contributed by atoms with E-state index in [1.165, 1.54) is 0 Å². The molecule has 22 heavy (non-hydrogen) atoms. The number of carbonyl (C=O) groups excluding carboxylic acids is 2. The van der Waals surface area contributed by atoms with E-state index in [2.05, 4.69) is 10.3 Å². The SMILES string of the molecule is NC(=O)[C@H](Cc1ccc(Cl)nc1)NC(=O)Cc1ccccc1. The van der Waals surface area contributed by atoms with E-state index < -0.39 is 11.9 Å². The standard InChI is InChI=1S/C16H16ClN3O2/c17-14-7-6-12(10-19-14)8-13(16(18)22)20-15(21)9-11-4-2-1-3-5-11/h1-7,10,13H,8-9H2,(H2,18,22)(H,20,21)/t13-/m0/s1. The zero-order valence-corrected chi connectivity index (χ0v) is 12.6. The van der Waals surface area contributed by atoms with Gasteiger partial charge in [-0.15, -0.1) is 0 Å². The second-order valence-electron chi connectivity index (χ2n) is 4.88. The van der Waals surface area contributed by atoms with Crippen molar-refractivity contribution in [2.24, 2.45) is 5.73 Å². The second-order valence-corrected chi connectivity index (χ2v) is 5.27. The topological polar surface area (TPSA) is 85.1 Å². The molecule has 0 radical (unpaired) electrons. The molecule has 2 amide bonds. The first-order chi connectivity index (χ1) is 10.5. The lowest BCUT2D eigenvalue weighted by molar-refractivity contribution is -0.127. The summed E-state index contributed by atoms with van der Waals surface area (Å²) in [5.74, 6) is -0.840. The molecule has 1 aromatic carbocycles. The van der Waals surface area contributed by atoms with Gasteiger partial charge in [-0.3, -0.25) is 9.59 Å². The Labute approximate surface area is 133 Å². The number of primary amides is 1. The van der Waals surface area contributed by atoms with Crippen LogP contribution >= 0.6 is 11.6 Å². The van der Waals surface area contributed by atoms with E-state index in [9.17, 15) is 9.59 Å². The van der Waals surface area contributed by atoms with Crippen molar-refractivity contribution in [2.75, 3.05) is 0 Å². The maximum Gasteiger partial charge on any atom is 0.240 e. The highest BCUT2D eigenvalue weighted by Gasteiger charge is 2.18. The summed E-state index contributed by atoms with van der Waals surface area (Å²) >= 11 is 5.71. The van der Waals surface area contributed by atoms with Gasteiger partial charge in [0.2, 0.25) is 11.8 Å². The van der Waals surface area contributed by atoms with Gasteiger partial charge < -0.3 is 11.1 Å². The molecule has 0 aliphatic carbocycles. The number of benzene rings is 1. The van der Waals surface area contributed by atoms with Crippen LogP contribution in [0.3, 0.4) is 0 Å². The molecule has 2 rings (SSSR count). The highest BCUT2D eigenvalue weighted by atomic mass is 35.5. The fourth-order valence-electron chi connectivity index (χ4n) is 2.01. The molecule has 0 saturated carbocycles. The number of nitrogens with one attached hydrogen (secondary N) is 1. The van der Waals surface area contributed by atoms with Crippen LogP contribution in [-0.2, 0) is 22.4 Å². The lowest BCUT2D eigenvalue weighted by Crippen LogP contribution is -2.46. The minimum Gasteiger partial charge on any atom is -0.368 e. The lowest BCUT2D eigenvalue weighted by Gasteiger charge is -2.15. The fraction of sp³-hybridized carbons (Fsp3) is 0.188. The Balaban J connectivity index is 1.98. The second kappa shape index (κ2) is 7.56. The minimum atomic E-state index is -0.779. The molecule has 1 atom stereocenters. The molecule has 0 fully saturated rings. The summed E-state index contributed by atoms with van der Waals surface area (Å²) in [5, 5.41) is 3.02.